The summed E-state index contributed by atoms with van der Waals surface area (Å²) in [5, 5.41) is 0. The molecule has 0 bridgehead atoms. The van der Waals surface area contributed by atoms with Gasteiger partial charge in [-0.15, -0.1) is 0 Å². The normalized spacial score (nSPS) is 15.1. The summed E-state index contributed by atoms with van der Waals surface area (Å²) in [6.07, 6.45) is -24.4. The van der Waals surface area contributed by atoms with Crippen molar-refractivity contribution in [2.45, 2.75) is 30.7 Å². The van der Waals surface area contributed by atoms with Gasteiger partial charge in [0.05, 0.1) is 0 Å². The highest BCUT2D eigenvalue weighted by Crippen LogP contribution is 2.53. The number of para-hydroxylation sites is 1. The molecular weight excluding hydrogens is 454 g/mol. The summed E-state index contributed by atoms with van der Waals surface area (Å²) >= 11 is 0. The van der Waals surface area contributed by atoms with E-state index in [-0.39, 0.29) is 5.75 Å². The number of alkyl halides is 9. The van der Waals surface area contributed by atoms with Crippen LogP contribution in [-0.2, 0) is 9.05 Å². The zero-order valence-electron chi connectivity index (χ0n) is 14.5. The van der Waals surface area contributed by atoms with Crippen LogP contribution in [-0.4, -0.2) is 24.6 Å². The van der Waals surface area contributed by atoms with Crippen LogP contribution in [0.25, 0.3) is 0 Å². The van der Waals surface area contributed by atoms with Crippen LogP contribution in [0.15, 0.2) is 60.7 Å². The van der Waals surface area contributed by atoms with E-state index in [1.54, 1.807) is 0 Å². The molecular formula is C17H12F9O3P. The van der Waals surface area contributed by atoms with Gasteiger partial charge in [-0.3, -0.25) is 9.05 Å². The Balaban J connectivity index is 2.39. The lowest BCUT2D eigenvalue weighted by Gasteiger charge is -2.29. The summed E-state index contributed by atoms with van der Waals surface area (Å²) in [6.45, 7) is 0. The van der Waals surface area contributed by atoms with E-state index in [0.29, 0.717) is 0 Å². The fourth-order valence-corrected chi connectivity index (χ4v) is 3.30. The Kier molecular flexibility index (Phi) is 7.59. The van der Waals surface area contributed by atoms with E-state index < -0.39 is 44.9 Å². The summed E-state index contributed by atoms with van der Waals surface area (Å²) in [4.78, 5) is 0. The van der Waals surface area contributed by atoms with Crippen molar-refractivity contribution in [3.05, 3.63) is 66.2 Å². The third kappa shape index (κ3) is 7.03. The molecule has 0 saturated carbocycles. The molecule has 2 aromatic carbocycles. The van der Waals surface area contributed by atoms with E-state index in [9.17, 15) is 39.5 Å². The monoisotopic (exact) mass is 466 g/mol. The second kappa shape index (κ2) is 9.40. The molecule has 2 rings (SSSR count). The summed E-state index contributed by atoms with van der Waals surface area (Å²) in [5.41, 5.74) is -0.562. The fraction of sp³-hybridized carbons (Fsp3) is 0.294. The first-order chi connectivity index (χ1) is 13.8. The van der Waals surface area contributed by atoms with Crippen LogP contribution in [0.2, 0.25) is 0 Å². The van der Waals surface area contributed by atoms with Gasteiger partial charge >= 0.3 is 27.1 Å². The Morgan fingerprint density at radius 2 is 1.07 bits per heavy atom. The highest BCUT2D eigenvalue weighted by molar-refractivity contribution is 7.42. The van der Waals surface area contributed by atoms with Crippen LogP contribution >= 0.6 is 8.60 Å². The van der Waals surface area contributed by atoms with Crippen molar-refractivity contribution in [1.29, 1.82) is 0 Å². The van der Waals surface area contributed by atoms with Gasteiger partial charge in [-0.2, -0.15) is 39.5 Å². The maximum Gasteiger partial charge on any atom is 0.424 e. The van der Waals surface area contributed by atoms with E-state index in [2.05, 4.69) is 9.05 Å². The average molecular weight is 466 g/mol. The zero-order valence-corrected chi connectivity index (χ0v) is 15.4. The van der Waals surface area contributed by atoms with Crippen LogP contribution in [0.4, 0.5) is 39.5 Å². The van der Waals surface area contributed by atoms with E-state index >= 15 is 0 Å². The SMILES string of the molecule is FC(F)(F)C(OP(Oc1ccccc1)OC(C(F)(F)F)C(F)(F)F)c1ccccc1. The van der Waals surface area contributed by atoms with Gasteiger partial charge in [-0.05, 0) is 17.7 Å². The fourth-order valence-electron chi connectivity index (χ4n) is 2.05. The topological polar surface area (TPSA) is 27.7 Å². The van der Waals surface area contributed by atoms with Crippen LogP contribution in [0.1, 0.15) is 11.7 Å². The number of hydrogen-bond acceptors (Lipinski definition) is 3. The minimum atomic E-state index is -5.97. The third-order valence-electron chi connectivity index (χ3n) is 3.30. The van der Waals surface area contributed by atoms with Crippen LogP contribution in [0.5, 0.6) is 5.75 Å². The second-order valence-electron chi connectivity index (χ2n) is 5.63. The van der Waals surface area contributed by atoms with Gasteiger partial charge in [-0.1, -0.05) is 48.5 Å². The molecule has 0 amide bonds. The number of halogens is 9. The molecule has 0 aliphatic heterocycles. The first-order valence-electron chi connectivity index (χ1n) is 7.90. The second-order valence-corrected chi connectivity index (χ2v) is 6.69. The molecule has 0 aliphatic rings. The first-order valence-corrected chi connectivity index (χ1v) is 9.00. The highest BCUT2D eigenvalue weighted by atomic mass is 31.2. The quantitative estimate of drug-likeness (QED) is 0.321. The lowest BCUT2D eigenvalue weighted by atomic mass is 10.1. The summed E-state index contributed by atoms with van der Waals surface area (Å²) in [6, 6.07) is 11.9. The predicted molar refractivity (Wildman–Crippen MR) is 87.3 cm³/mol. The molecule has 2 atom stereocenters. The minimum Gasteiger partial charge on any atom is -0.427 e. The molecule has 0 aromatic heterocycles. The number of rotatable bonds is 7. The van der Waals surface area contributed by atoms with Gasteiger partial charge in [0.1, 0.15) is 5.75 Å². The molecule has 3 nitrogen and oxygen atoms in total. The van der Waals surface area contributed by atoms with E-state index in [4.69, 9.17) is 4.52 Å². The largest absolute Gasteiger partial charge is 0.427 e. The molecule has 166 valence electrons. The summed E-state index contributed by atoms with van der Waals surface area (Å²) in [7, 11) is -3.79. The highest BCUT2D eigenvalue weighted by Gasteiger charge is 2.60. The molecule has 0 saturated heterocycles. The van der Waals surface area contributed by atoms with Gasteiger partial charge in [0.25, 0.3) is 6.10 Å². The van der Waals surface area contributed by atoms with E-state index in [0.717, 1.165) is 24.3 Å². The van der Waals surface area contributed by atoms with Crippen molar-refractivity contribution in [1.82, 2.24) is 0 Å². The standard InChI is InChI=1S/C17H12F9O3P/c18-15(19,20)13(11-7-3-1-4-8-11)28-30(27-12-9-5-2-6-10-12)29-14(16(21,22)23)17(24,25)26/h1-10,13-14H. The Morgan fingerprint density at radius 3 is 1.50 bits per heavy atom. The van der Waals surface area contributed by atoms with Gasteiger partial charge in [0.2, 0.25) is 0 Å². The zero-order chi connectivity index (χ0) is 22.6. The third-order valence-corrected chi connectivity index (χ3v) is 4.43. The Bertz CT molecular complexity index is 765. The molecule has 0 N–H and O–H groups in total. The molecule has 0 fully saturated rings. The van der Waals surface area contributed by atoms with Gasteiger partial charge < -0.3 is 4.52 Å². The first kappa shape index (κ1) is 24.2. The number of hydrogen-bond donors (Lipinski definition) is 0. The van der Waals surface area contributed by atoms with Crippen molar-refractivity contribution in [2.24, 2.45) is 0 Å². The van der Waals surface area contributed by atoms with Gasteiger partial charge in [-0.25, -0.2) is 0 Å². The molecule has 0 aliphatic carbocycles. The average Bonchev–Trinajstić information content (AvgIpc) is 2.62. The summed E-state index contributed by atoms with van der Waals surface area (Å²) in [5.74, 6) is -0.347. The Labute approximate surface area is 165 Å². The Morgan fingerprint density at radius 1 is 0.600 bits per heavy atom. The Hall–Kier alpha value is -2.04. The van der Waals surface area contributed by atoms with Crippen LogP contribution in [0.3, 0.4) is 0 Å². The maximum atomic E-state index is 13.4. The lowest BCUT2D eigenvalue weighted by Crippen LogP contribution is -2.43. The van der Waals surface area contributed by atoms with Crippen molar-refractivity contribution in [3.63, 3.8) is 0 Å². The van der Waals surface area contributed by atoms with Gasteiger partial charge in [0, 0.05) is 0 Å². The molecule has 0 spiro atoms. The predicted octanol–water partition coefficient (Wildman–Crippen LogP) is 7.12. The van der Waals surface area contributed by atoms with Crippen molar-refractivity contribution < 1.29 is 53.1 Å². The van der Waals surface area contributed by atoms with Crippen molar-refractivity contribution in [3.8, 4) is 5.75 Å². The molecule has 30 heavy (non-hydrogen) atoms. The van der Waals surface area contributed by atoms with Gasteiger partial charge in [0.15, 0.2) is 6.10 Å². The smallest absolute Gasteiger partial charge is 0.424 e. The molecule has 0 heterocycles. The molecule has 13 heteroatoms. The molecule has 2 unspecified atom stereocenters. The van der Waals surface area contributed by atoms with E-state index in [1.807, 2.05) is 0 Å². The van der Waals surface area contributed by atoms with Crippen molar-refractivity contribution in [2.75, 3.05) is 0 Å². The van der Waals surface area contributed by atoms with Crippen molar-refractivity contribution >= 4 is 8.60 Å². The lowest BCUT2D eigenvalue weighted by molar-refractivity contribution is -0.302. The van der Waals surface area contributed by atoms with Crippen LogP contribution < -0.4 is 4.52 Å². The number of benzene rings is 2. The summed E-state index contributed by atoms with van der Waals surface area (Å²) < 4.78 is 131. The maximum absolute atomic E-state index is 13.4. The van der Waals surface area contributed by atoms with Crippen LogP contribution in [0, 0.1) is 0 Å². The molecule has 0 radical (unpaired) electrons. The van der Waals surface area contributed by atoms with E-state index in [1.165, 1.54) is 36.4 Å². The molecule has 2 aromatic rings. The minimum absolute atomic E-state index is 0.347.